The highest BCUT2D eigenvalue weighted by molar-refractivity contribution is 7.98. The predicted octanol–water partition coefficient (Wildman–Crippen LogP) is 4.29. The zero-order valence-corrected chi connectivity index (χ0v) is 17.8. The first kappa shape index (κ1) is 20.6. The van der Waals surface area contributed by atoms with E-state index in [0.717, 1.165) is 27.6 Å². The Bertz CT molecular complexity index is 941. The van der Waals surface area contributed by atoms with Crippen LogP contribution < -0.4 is 15.5 Å². The van der Waals surface area contributed by atoms with Crippen LogP contribution in [0.1, 0.15) is 18.4 Å². The molecule has 2 aromatic rings. The van der Waals surface area contributed by atoms with E-state index in [2.05, 4.69) is 16.9 Å². The van der Waals surface area contributed by atoms with E-state index in [4.69, 9.17) is 14.4 Å². The van der Waals surface area contributed by atoms with Gasteiger partial charge in [0.15, 0.2) is 0 Å². The van der Waals surface area contributed by atoms with E-state index in [1.54, 1.807) is 23.9 Å². The number of benzene rings is 2. The molecule has 1 fully saturated rings. The molecule has 2 aliphatic heterocycles. The Morgan fingerprint density at radius 3 is 2.77 bits per heavy atom. The van der Waals surface area contributed by atoms with E-state index < -0.39 is 11.7 Å². The van der Waals surface area contributed by atoms with Crippen molar-refractivity contribution in [1.29, 1.82) is 0 Å². The van der Waals surface area contributed by atoms with Gasteiger partial charge in [-0.3, -0.25) is 15.6 Å². The minimum absolute atomic E-state index is 0.401. The summed E-state index contributed by atoms with van der Waals surface area (Å²) in [6.45, 7) is 1.17. The molecule has 0 aromatic heterocycles. The number of hydrogen-bond donors (Lipinski definition) is 2. The van der Waals surface area contributed by atoms with Crippen molar-refractivity contribution < 1.29 is 19.2 Å². The number of anilines is 1. The minimum atomic E-state index is -0.484. The van der Waals surface area contributed by atoms with Crippen LogP contribution in [0.2, 0.25) is 0 Å². The molecule has 0 saturated carbocycles. The minimum Gasteiger partial charge on any atom is -0.497 e. The maximum atomic E-state index is 12.2. The second-order valence-electron chi connectivity index (χ2n) is 7.22. The van der Waals surface area contributed by atoms with Crippen LogP contribution in [-0.2, 0) is 9.68 Å². The molecule has 1 amide bonds. The third-order valence-electron chi connectivity index (χ3n) is 5.25. The predicted molar refractivity (Wildman–Crippen MR) is 117 cm³/mol. The van der Waals surface area contributed by atoms with Crippen LogP contribution in [0.3, 0.4) is 0 Å². The molecule has 2 N–H and O–H groups in total. The summed E-state index contributed by atoms with van der Waals surface area (Å²) in [5, 5.41) is 4.46. The van der Waals surface area contributed by atoms with Crippen LogP contribution in [0.15, 0.2) is 59.5 Å². The van der Waals surface area contributed by atoms with Crippen molar-refractivity contribution in [2.75, 3.05) is 31.8 Å². The number of ether oxygens (including phenoxy) is 1. The molecule has 30 heavy (non-hydrogen) atoms. The molecule has 1 saturated heterocycles. The Morgan fingerprint density at radius 1 is 1.20 bits per heavy atom. The number of hydrogen-bond acceptors (Lipinski definition) is 7. The largest absolute Gasteiger partial charge is 0.497 e. The fraction of sp³-hybridized carbons (Fsp3) is 0.318. The maximum absolute atomic E-state index is 12.2. The van der Waals surface area contributed by atoms with Crippen molar-refractivity contribution in [2.45, 2.75) is 23.3 Å². The Morgan fingerprint density at radius 2 is 2.00 bits per heavy atom. The number of thioether (sulfide) groups is 1. The standard InChI is InChI=1S/C22H25N3O4S/c1-27-18-7-3-5-16(13-18)20-15-22(29-24-20)9-11-25(12-10-22)28-21(26)23-17-6-4-8-19(14-17)30-2/h3-8,13-15,24H,9-12H2,1-2H3,(H,23,26). The van der Waals surface area contributed by atoms with Gasteiger partial charge in [0.1, 0.15) is 11.4 Å². The quantitative estimate of drug-likeness (QED) is 0.690. The summed E-state index contributed by atoms with van der Waals surface area (Å²) in [5.41, 5.74) is 5.30. The summed E-state index contributed by atoms with van der Waals surface area (Å²) in [4.78, 5) is 24.7. The smallest absolute Gasteiger partial charge is 0.430 e. The normalized spacial score (nSPS) is 17.9. The van der Waals surface area contributed by atoms with Gasteiger partial charge in [-0.25, -0.2) is 4.79 Å². The average molecular weight is 428 g/mol. The van der Waals surface area contributed by atoms with E-state index in [9.17, 15) is 4.79 Å². The fourth-order valence-corrected chi connectivity index (χ4v) is 4.03. The van der Waals surface area contributed by atoms with Crippen molar-refractivity contribution in [3.05, 3.63) is 60.2 Å². The topological polar surface area (TPSA) is 72.1 Å². The third-order valence-corrected chi connectivity index (χ3v) is 5.97. The molecule has 0 unspecified atom stereocenters. The summed E-state index contributed by atoms with van der Waals surface area (Å²) < 4.78 is 5.30. The van der Waals surface area contributed by atoms with Gasteiger partial charge in [0.2, 0.25) is 0 Å². The van der Waals surface area contributed by atoms with Crippen molar-refractivity contribution in [3.8, 4) is 5.75 Å². The monoisotopic (exact) mass is 427 g/mol. The molecule has 0 bridgehead atoms. The summed E-state index contributed by atoms with van der Waals surface area (Å²) in [6, 6.07) is 15.5. The van der Waals surface area contributed by atoms with Crippen LogP contribution in [0.25, 0.3) is 5.70 Å². The van der Waals surface area contributed by atoms with Crippen LogP contribution in [0, 0.1) is 0 Å². The number of rotatable bonds is 5. The van der Waals surface area contributed by atoms with E-state index in [1.807, 2.05) is 54.8 Å². The molecule has 0 aliphatic carbocycles. The Balaban J connectivity index is 1.32. The summed E-state index contributed by atoms with van der Waals surface area (Å²) in [5.74, 6) is 0.799. The van der Waals surface area contributed by atoms with E-state index in [1.165, 1.54) is 0 Å². The number of piperidine rings is 1. The van der Waals surface area contributed by atoms with E-state index >= 15 is 0 Å². The first-order valence-corrected chi connectivity index (χ1v) is 11.0. The Kier molecular flexibility index (Phi) is 6.17. The summed E-state index contributed by atoms with van der Waals surface area (Å²) >= 11 is 1.62. The molecule has 0 atom stereocenters. The number of amides is 1. The number of carbonyl (C=O) groups is 1. The number of carbonyl (C=O) groups excluding carboxylic acids is 1. The lowest BCUT2D eigenvalue weighted by Gasteiger charge is -2.35. The molecule has 2 heterocycles. The van der Waals surface area contributed by atoms with Gasteiger partial charge in [0.05, 0.1) is 12.8 Å². The summed E-state index contributed by atoms with van der Waals surface area (Å²) in [7, 11) is 1.65. The van der Waals surface area contributed by atoms with Gasteiger partial charge in [0.25, 0.3) is 0 Å². The maximum Gasteiger partial charge on any atom is 0.430 e. The zero-order chi connectivity index (χ0) is 21.0. The lowest BCUT2D eigenvalue weighted by Crippen LogP contribution is -2.45. The molecule has 7 nitrogen and oxygen atoms in total. The van der Waals surface area contributed by atoms with Gasteiger partial charge in [-0.1, -0.05) is 18.2 Å². The van der Waals surface area contributed by atoms with Crippen molar-refractivity contribution in [1.82, 2.24) is 10.5 Å². The van der Waals surface area contributed by atoms with Gasteiger partial charge in [-0.15, -0.1) is 16.8 Å². The molecule has 1 spiro atoms. The lowest BCUT2D eigenvalue weighted by atomic mass is 9.91. The fourth-order valence-electron chi connectivity index (χ4n) is 3.57. The number of hydroxylamine groups is 3. The molecule has 0 radical (unpaired) electrons. The van der Waals surface area contributed by atoms with E-state index in [-0.39, 0.29) is 0 Å². The Hall–Kier alpha value is -2.68. The second kappa shape index (κ2) is 8.99. The SMILES string of the molecule is COc1cccc(C2=CC3(CCN(OC(=O)Nc4cccc(SC)c4)CC3)ON2)c1. The number of nitrogens with zero attached hydrogens (tertiary/aromatic N) is 1. The average Bonchev–Trinajstić information content (AvgIpc) is 3.19. The van der Waals surface area contributed by atoms with E-state index in [0.29, 0.717) is 25.9 Å². The molecule has 8 heteroatoms. The highest BCUT2D eigenvalue weighted by Gasteiger charge is 2.39. The van der Waals surface area contributed by atoms with Crippen molar-refractivity contribution in [3.63, 3.8) is 0 Å². The van der Waals surface area contributed by atoms with Crippen molar-refractivity contribution in [2.24, 2.45) is 0 Å². The zero-order valence-electron chi connectivity index (χ0n) is 17.0. The second-order valence-corrected chi connectivity index (χ2v) is 8.10. The van der Waals surface area contributed by atoms with Crippen LogP contribution in [0.5, 0.6) is 5.75 Å². The molecular weight excluding hydrogens is 402 g/mol. The molecule has 2 aliphatic rings. The van der Waals surface area contributed by atoms with Crippen LogP contribution >= 0.6 is 11.8 Å². The van der Waals surface area contributed by atoms with Gasteiger partial charge in [-0.05, 0) is 55.5 Å². The van der Waals surface area contributed by atoms with Crippen LogP contribution in [0.4, 0.5) is 10.5 Å². The highest BCUT2D eigenvalue weighted by Crippen LogP contribution is 2.35. The lowest BCUT2D eigenvalue weighted by molar-refractivity contribution is -0.153. The number of methoxy groups -OCH3 is 1. The molecular formula is C22H25N3O4S. The Labute approximate surface area is 180 Å². The van der Waals surface area contributed by atoms with Gasteiger partial charge >= 0.3 is 6.09 Å². The van der Waals surface area contributed by atoms with Crippen LogP contribution in [-0.4, -0.2) is 43.2 Å². The van der Waals surface area contributed by atoms with Crippen molar-refractivity contribution >= 4 is 29.2 Å². The van der Waals surface area contributed by atoms with Gasteiger partial charge in [0, 0.05) is 29.2 Å². The summed E-state index contributed by atoms with van der Waals surface area (Å²) in [6.07, 6.45) is 5.05. The first-order chi connectivity index (χ1) is 14.6. The van der Waals surface area contributed by atoms with Gasteiger partial charge in [-0.2, -0.15) is 0 Å². The first-order valence-electron chi connectivity index (χ1n) is 9.78. The molecule has 158 valence electrons. The number of nitrogens with one attached hydrogen (secondary N) is 2. The highest BCUT2D eigenvalue weighted by atomic mass is 32.2. The molecule has 2 aromatic carbocycles. The molecule has 4 rings (SSSR count). The third kappa shape index (κ3) is 4.72. The van der Waals surface area contributed by atoms with Gasteiger partial charge < -0.3 is 9.57 Å².